The van der Waals surface area contributed by atoms with Crippen molar-refractivity contribution < 1.29 is 9.53 Å². The highest BCUT2D eigenvalue weighted by molar-refractivity contribution is 5.81. The molecule has 1 aliphatic heterocycles. The van der Waals surface area contributed by atoms with Gasteiger partial charge in [0.1, 0.15) is 6.10 Å². The zero-order valence-corrected chi connectivity index (χ0v) is 14.4. The molecule has 3 rings (SSSR count). The van der Waals surface area contributed by atoms with Crippen molar-refractivity contribution in [1.29, 1.82) is 0 Å². The lowest BCUT2D eigenvalue weighted by atomic mass is 10.2. The molecule has 5 nitrogen and oxygen atoms in total. The van der Waals surface area contributed by atoms with Crippen LogP contribution in [0, 0.1) is 6.92 Å². The maximum absolute atomic E-state index is 12.7. The number of carbonyl (C=O) groups is 1. The van der Waals surface area contributed by atoms with E-state index in [2.05, 4.69) is 5.10 Å². The Bertz CT molecular complexity index is 668. The van der Waals surface area contributed by atoms with Gasteiger partial charge in [0.15, 0.2) is 0 Å². The molecule has 0 bridgehead atoms. The fourth-order valence-corrected chi connectivity index (χ4v) is 3.20. The highest BCUT2D eigenvalue weighted by Gasteiger charge is 2.32. The predicted molar refractivity (Wildman–Crippen MR) is 92.4 cm³/mol. The van der Waals surface area contributed by atoms with Crippen molar-refractivity contribution in [1.82, 2.24) is 14.7 Å². The molecule has 2 atom stereocenters. The minimum Gasteiger partial charge on any atom is -0.364 e. The van der Waals surface area contributed by atoms with Crippen molar-refractivity contribution in [3.8, 4) is 0 Å². The molecule has 128 valence electrons. The summed E-state index contributed by atoms with van der Waals surface area (Å²) in [6.45, 7) is 5.90. The lowest BCUT2D eigenvalue weighted by molar-refractivity contribution is -0.144. The fraction of sp³-hybridized carbons (Fsp3) is 0.474. The van der Waals surface area contributed by atoms with E-state index in [4.69, 9.17) is 4.74 Å². The maximum atomic E-state index is 12.7. The van der Waals surface area contributed by atoms with Gasteiger partial charge in [0.2, 0.25) is 0 Å². The zero-order chi connectivity index (χ0) is 16.9. The molecule has 0 unspecified atom stereocenters. The van der Waals surface area contributed by atoms with Crippen LogP contribution in [-0.2, 0) is 22.7 Å². The summed E-state index contributed by atoms with van der Waals surface area (Å²) in [5.74, 6) is 0.0808. The highest BCUT2D eigenvalue weighted by atomic mass is 16.5. The third kappa shape index (κ3) is 4.03. The van der Waals surface area contributed by atoms with E-state index in [-0.39, 0.29) is 11.9 Å². The van der Waals surface area contributed by atoms with Crippen molar-refractivity contribution in [2.45, 2.75) is 52.0 Å². The zero-order valence-electron chi connectivity index (χ0n) is 14.4. The van der Waals surface area contributed by atoms with E-state index < -0.39 is 6.10 Å². The monoisotopic (exact) mass is 327 g/mol. The molecule has 1 fully saturated rings. The summed E-state index contributed by atoms with van der Waals surface area (Å²) < 4.78 is 7.72. The predicted octanol–water partition coefficient (Wildman–Crippen LogP) is 2.79. The van der Waals surface area contributed by atoms with Crippen LogP contribution in [0.1, 0.15) is 30.9 Å². The average molecular weight is 327 g/mol. The van der Waals surface area contributed by atoms with E-state index >= 15 is 0 Å². The van der Waals surface area contributed by atoms with E-state index in [0.29, 0.717) is 6.61 Å². The summed E-state index contributed by atoms with van der Waals surface area (Å²) in [6.07, 6.45) is 5.52. The van der Waals surface area contributed by atoms with Crippen LogP contribution in [-0.4, -0.2) is 39.3 Å². The van der Waals surface area contributed by atoms with Crippen LogP contribution >= 0.6 is 0 Å². The minimum absolute atomic E-state index is 0.0808. The third-order valence-corrected chi connectivity index (χ3v) is 4.51. The van der Waals surface area contributed by atoms with Gasteiger partial charge in [-0.3, -0.25) is 9.48 Å². The number of amides is 1. The van der Waals surface area contributed by atoms with Crippen LogP contribution in [0.15, 0.2) is 42.7 Å². The lowest BCUT2D eigenvalue weighted by Gasteiger charge is -2.27. The van der Waals surface area contributed by atoms with Gasteiger partial charge in [-0.1, -0.05) is 30.3 Å². The van der Waals surface area contributed by atoms with Gasteiger partial charge in [0.25, 0.3) is 5.91 Å². The molecule has 2 aromatic rings. The number of hydrogen-bond acceptors (Lipinski definition) is 3. The SMILES string of the molecule is Cc1cnn(C[C@@H]2CCCN2C(=O)[C@H](C)OCc2ccccc2)c1. The molecule has 1 aromatic heterocycles. The standard InChI is InChI=1S/C19H25N3O2/c1-15-11-20-21(12-15)13-18-9-6-10-22(18)19(23)16(2)24-14-17-7-4-3-5-8-17/h3-5,7-8,11-12,16,18H,6,9-10,13-14H2,1-2H3/t16-,18-/m0/s1. The number of benzene rings is 1. The van der Waals surface area contributed by atoms with Crippen LogP contribution in [0.3, 0.4) is 0 Å². The van der Waals surface area contributed by atoms with Crippen LogP contribution in [0.2, 0.25) is 0 Å². The van der Waals surface area contributed by atoms with Gasteiger partial charge in [-0.25, -0.2) is 0 Å². The first kappa shape index (κ1) is 16.7. The number of nitrogens with zero attached hydrogens (tertiary/aromatic N) is 3. The molecule has 2 heterocycles. The summed E-state index contributed by atoms with van der Waals surface area (Å²) in [7, 11) is 0. The number of hydrogen-bond donors (Lipinski definition) is 0. The first-order chi connectivity index (χ1) is 11.6. The minimum atomic E-state index is -0.426. The second-order valence-corrected chi connectivity index (χ2v) is 6.51. The molecule has 1 saturated heterocycles. The molecule has 0 spiro atoms. The van der Waals surface area contributed by atoms with E-state index in [0.717, 1.165) is 37.1 Å². The second kappa shape index (κ2) is 7.62. The van der Waals surface area contributed by atoms with Gasteiger partial charge in [0.05, 0.1) is 25.4 Å². The first-order valence-corrected chi connectivity index (χ1v) is 8.58. The van der Waals surface area contributed by atoms with Gasteiger partial charge < -0.3 is 9.64 Å². The lowest BCUT2D eigenvalue weighted by Crippen LogP contribution is -2.43. The molecular formula is C19H25N3O2. The molecule has 0 aliphatic carbocycles. The Morgan fingerprint density at radius 3 is 2.88 bits per heavy atom. The van der Waals surface area contributed by atoms with Crippen LogP contribution < -0.4 is 0 Å². The quantitative estimate of drug-likeness (QED) is 0.820. The number of aromatic nitrogens is 2. The third-order valence-electron chi connectivity index (χ3n) is 4.51. The van der Waals surface area contributed by atoms with Crippen LogP contribution in [0.5, 0.6) is 0 Å². The Labute approximate surface area is 143 Å². The van der Waals surface area contributed by atoms with Gasteiger partial charge >= 0.3 is 0 Å². The molecule has 0 radical (unpaired) electrons. The van der Waals surface area contributed by atoms with Crippen LogP contribution in [0.25, 0.3) is 0 Å². The smallest absolute Gasteiger partial charge is 0.251 e. The first-order valence-electron chi connectivity index (χ1n) is 8.58. The Morgan fingerprint density at radius 2 is 2.17 bits per heavy atom. The normalized spacial score (nSPS) is 18.8. The highest BCUT2D eigenvalue weighted by Crippen LogP contribution is 2.21. The van der Waals surface area contributed by atoms with Crippen molar-refractivity contribution in [2.75, 3.05) is 6.54 Å². The summed E-state index contributed by atoms with van der Waals surface area (Å²) in [5, 5.41) is 4.34. The van der Waals surface area contributed by atoms with Crippen molar-refractivity contribution >= 4 is 5.91 Å². The molecule has 5 heteroatoms. The number of ether oxygens (including phenoxy) is 1. The van der Waals surface area contributed by atoms with Gasteiger partial charge in [-0.05, 0) is 37.8 Å². The van der Waals surface area contributed by atoms with Crippen LogP contribution in [0.4, 0.5) is 0 Å². The summed E-state index contributed by atoms with van der Waals surface area (Å²) >= 11 is 0. The molecule has 1 amide bonds. The average Bonchev–Trinajstić information content (AvgIpc) is 3.22. The molecular weight excluding hydrogens is 302 g/mol. The van der Waals surface area contributed by atoms with Gasteiger partial charge in [-0.2, -0.15) is 5.10 Å². The van der Waals surface area contributed by atoms with E-state index in [1.807, 2.05) is 66.2 Å². The number of aryl methyl sites for hydroxylation is 1. The molecule has 1 aromatic carbocycles. The molecule has 24 heavy (non-hydrogen) atoms. The number of carbonyl (C=O) groups excluding carboxylic acids is 1. The Balaban J connectivity index is 1.56. The van der Waals surface area contributed by atoms with Crippen molar-refractivity contribution in [3.05, 3.63) is 53.9 Å². The molecule has 0 saturated carbocycles. The summed E-state index contributed by atoms with van der Waals surface area (Å²) in [4.78, 5) is 14.7. The Hall–Kier alpha value is -2.14. The Kier molecular flexibility index (Phi) is 5.30. The molecule has 1 aliphatic rings. The van der Waals surface area contributed by atoms with Crippen molar-refractivity contribution in [3.63, 3.8) is 0 Å². The fourth-order valence-electron chi connectivity index (χ4n) is 3.20. The number of rotatable bonds is 6. The number of likely N-dealkylation sites (tertiary alicyclic amines) is 1. The Morgan fingerprint density at radius 1 is 1.38 bits per heavy atom. The van der Waals surface area contributed by atoms with Gasteiger partial charge in [0, 0.05) is 12.7 Å². The molecule has 0 N–H and O–H groups in total. The summed E-state index contributed by atoms with van der Waals surface area (Å²) in [6, 6.07) is 10.2. The van der Waals surface area contributed by atoms with Gasteiger partial charge in [-0.15, -0.1) is 0 Å². The second-order valence-electron chi connectivity index (χ2n) is 6.51. The topological polar surface area (TPSA) is 47.4 Å². The van der Waals surface area contributed by atoms with E-state index in [1.54, 1.807) is 0 Å². The van der Waals surface area contributed by atoms with Crippen molar-refractivity contribution in [2.24, 2.45) is 0 Å². The largest absolute Gasteiger partial charge is 0.364 e. The van der Waals surface area contributed by atoms with E-state index in [1.165, 1.54) is 0 Å². The summed E-state index contributed by atoms with van der Waals surface area (Å²) in [5.41, 5.74) is 2.23. The van der Waals surface area contributed by atoms with E-state index in [9.17, 15) is 4.79 Å². The maximum Gasteiger partial charge on any atom is 0.251 e.